The minimum absolute atomic E-state index is 0.420. The van der Waals surface area contributed by atoms with Crippen molar-refractivity contribution in [2.45, 2.75) is 6.54 Å². The van der Waals surface area contributed by atoms with E-state index in [1.807, 2.05) is 11.4 Å². The molecule has 1 N–H and O–H groups in total. The minimum Gasteiger partial charge on any atom is -0.366 e. The van der Waals surface area contributed by atoms with Crippen molar-refractivity contribution < 1.29 is 0 Å². The van der Waals surface area contributed by atoms with Crippen LogP contribution in [0, 0.1) is 0 Å². The summed E-state index contributed by atoms with van der Waals surface area (Å²) >= 11 is 13.2. The standard InChI is InChI=1S/C9H7Cl2N3S/c10-7-3-8(14-5-13-7)12-4-6-1-2-15-9(6)11/h1-3,5H,4H2,(H,12,13,14). The van der Waals surface area contributed by atoms with E-state index in [2.05, 4.69) is 15.3 Å². The van der Waals surface area contributed by atoms with E-state index in [1.165, 1.54) is 17.7 Å². The number of nitrogens with zero attached hydrogens (tertiary/aromatic N) is 2. The van der Waals surface area contributed by atoms with Crippen molar-refractivity contribution in [2.24, 2.45) is 0 Å². The highest BCUT2D eigenvalue weighted by atomic mass is 35.5. The maximum atomic E-state index is 5.96. The molecule has 2 aromatic heterocycles. The molecule has 0 aromatic carbocycles. The Balaban J connectivity index is 2.02. The van der Waals surface area contributed by atoms with Crippen molar-refractivity contribution in [3.8, 4) is 0 Å². The van der Waals surface area contributed by atoms with Crippen LogP contribution < -0.4 is 5.32 Å². The second-order valence-corrected chi connectivity index (χ2v) is 4.70. The van der Waals surface area contributed by atoms with E-state index < -0.39 is 0 Å². The van der Waals surface area contributed by atoms with Crippen molar-refractivity contribution in [3.05, 3.63) is 38.9 Å². The highest BCUT2D eigenvalue weighted by Crippen LogP contribution is 2.23. The molecule has 2 aromatic rings. The van der Waals surface area contributed by atoms with Crippen LogP contribution in [0.4, 0.5) is 5.82 Å². The van der Waals surface area contributed by atoms with Crippen LogP contribution in [0.2, 0.25) is 9.49 Å². The van der Waals surface area contributed by atoms with Gasteiger partial charge in [-0.15, -0.1) is 11.3 Å². The maximum absolute atomic E-state index is 5.96. The zero-order valence-corrected chi connectivity index (χ0v) is 9.90. The predicted molar refractivity (Wildman–Crippen MR) is 63.7 cm³/mol. The van der Waals surface area contributed by atoms with E-state index in [-0.39, 0.29) is 0 Å². The second-order valence-electron chi connectivity index (χ2n) is 2.80. The Hall–Kier alpha value is -0.840. The molecule has 0 radical (unpaired) electrons. The average molecular weight is 260 g/mol. The topological polar surface area (TPSA) is 37.8 Å². The lowest BCUT2D eigenvalue weighted by molar-refractivity contribution is 1.09. The zero-order valence-electron chi connectivity index (χ0n) is 7.58. The van der Waals surface area contributed by atoms with Gasteiger partial charge in [-0.3, -0.25) is 0 Å². The molecule has 6 heteroatoms. The van der Waals surface area contributed by atoms with E-state index in [0.29, 0.717) is 17.5 Å². The van der Waals surface area contributed by atoms with E-state index >= 15 is 0 Å². The third kappa shape index (κ3) is 2.81. The fraction of sp³-hybridized carbons (Fsp3) is 0.111. The van der Waals surface area contributed by atoms with Gasteiger partial charge < -0.3 is 5.32 Å². The third-order valence-corrected chi connectivity index (χ3v) is 3.24. The fourth-order valence-electron chi connectivity index (χ4n) is 1.06. The number of aromatic nitrogens is 2. The van der Waals surface area contributed by atoms with E-state index in [4.69, 9.17) is 23.2 Å². The number of nitrogens with one attached hydrogen (secondary N) is 1. The van der Waals surface area contributed by atoms with Crippen LogP contribution >= 0.6 is 34.5 Å². The quantitative estimate of drug-likeness (QED) is 0.859. The monoisotopic (exact) mass is 259 g/mol. The Morgan fingerprint density at radius 1 is 1.33 bits per heavy atom. The normalized spacial score (nSPS) is 10.3. The lowest BCUT2D eigenvalue weighted by Crippen LogP contribution is -2.00. The molecule has 0 unspecified atom stereocenters. The Labute approximate surface area is 101 Å². The smallest absolute Gasteiger partial charge is 0.134 e. The van der Waals surface area contributed by atoms with Gasteiger partial charge in [-0.25, -0.2) is 9.97 Å². The van der Waals surface area contributed by atoms with Crippen molar-refractivity contribution in [1.82, 2.24) is 9.97 Å². The van der Waals surface area contributed by atoms with Crippen LogP contribution in [0.3, 0.4) is 0 Å². The summed E-state index contributed by atoms with van der Waals surface area (Å²) in [6, 6.07) is 3.64. The number of hydrogen-bond donors (Lipinski definition) is 1. The van der Waals surface area contributed by atoms with Crippen molar-refractivity contribution in [2.75, 3.05) is 5.32 Å². The highest BCUT2D eigenvalue weighted by Gasteiger charge is 2.01. The Morgan fingerprint density at radius 3 is 2.87 bits per heavy atom. The predicted octanol–water partition coefficient (Wildman–Crippen LogP) is 3.46. The Bertz CT molecular complexity index is 458. The number of rotatable bonds is 3. The summed E-state index contributed by atoms with van der Waals surface area (Å²) in [7, 11) is 0. The van der Waals surface area contributed by atoms with Gasteiger partial charge in [0.25, 0.3) is 0 Å². The van der Waals surface area contributed by atoms with Gasteiger partial charge in [-0.05, 0) is 11.4 Å². The molecular formula is C9H7Cl2N3S. The van der Waals surface area contributed by atoms with Crippen molar-refractivity contribution >= 4 is 40.4 Å². The van der Waals surface area contributed by atoms with Crippen LogP contribution in [-0.4, -0.2) is 9.97 Å². The van der Waals surface area contributed by atoms with Gasteiger partial charge in [0.05, 0.1) is 4.34 Å². The lowest BCUT2D eigenvalue weighted by Gasteiger charge is -2.03. The number of halogens is 2. The fourth-order valence-corrected chi connectivity index (χ4v) is 2.14. The molecule has 0 atom stereocenters. The molecule has 78 valence electrons. The van der Waals surface area contributed by atoms with Crippen LogP contribution in [-0.2, 0) is 6.54 Å². The molecule has 3 nitrogen and oxygen atoms in total. The van der Waals surface area contributed by atoms with Gasteiger partial charge in [0.2, 0.25) is 0 Å². The summed E-state index contributed by atoms with van der Waals surface area (Å²) in [6.07, 6.45) is 1.42. The molecule has 0 aliphatic carbocycles. The number of thiophene rings is 1. The van der Waals surface area contributed by atoms with Crippen LogP contribution in [0.15, 0.2) is 23.8 Å². The largest absolute Gasteiger partial charge is 0.366 e. The summed E-state index contributed by atoms with van der Waals surface area (Å²) in [4.78, 5) is 7.82. The van der Waals surface area contributed by atoms with E-state index in [0.717, 1.165) is 9.90 Å². The average Bonchev–Trinajstić information content (AvgIpc) is 2.61. The number of anilines is 1. The van der Waals surface area contributed by atoms with Gasteiger partial charge in [-0.1, -0.05) is 23.2 Å². The maximum Gasteiger partial charge on any atom is 0.134 e. The first kappa shape index (κ1) is 10.7. The second kappa shape index (κ2) is 4.79. The van der Waals surface area contributed by atoms with Crippen LogP contribution in [0.5, 0.6) is 0 Å². The molecule has 2 heterocycles. The van der Waals surface area contributed by atoms with Crippen LogP contribution in [0.1, 0.15) is 5.56 Å². The first-order valence-corrected chi connectivity index (χ1v) is 5.82. The van der Waals surface area contributed by atoms with E-state index in [9.17, 15) is 0 Å². The molecule has 0 amide bonds. The summed E-state index contributed by atoms with van der Waals surface area (Å²) in [5.74, 6) is 0.692. The Kier molecular flexibility index (Phi) is 3.41. The van der Waals surface area contributed by atoms with Crippen molar-refractivity contribution in [1.29, 1.82) is 0 Å². The molecule has 0 aliphatic rings. The molecule has 0 saturated heterocycles. The Morgan fingerprint density at radius 2 is 2.20 bits per heavy atom. The first-order chi connectivity index (χ1) is 7.25. The summed E-state index contributed by atoms with van der Waals surface area (Å²) in [5.41, 5.74) is 1.05. The molecule has 0 spiro atoms. The SMILES string of the molecule is Clc1cc(NCc2ccsc2Cl)ncn1. The van der Waals surface area contributed by atoms with Gasteiger partial charge in [-0.2, -0.15) is 0 Å². The lowest BCUT2D eigenvalue weighted by atomic mass is 10.3. The summed E-state index contributed by atoms with van der Waals surface area (Å²) in [6.45, 7) is 0.635. The summed E-state index contributed by atoms with van der Waals surface area (Å²) < 4.78 is 0.794. The van der Waals surface area contributed by atoms with E-state index in [1.54, 1.807) is 6.07 Å². The minimum atomic E-state index is 0.420. The molecule has 0 bridgehead atoms. The van der Waals surface area contributed by atoms with Gasteiger partial charge in [0.15, 0.2) is 0 Å². The summed E-state index contributed by atoms with van der Waals surface area (Å²) in [5, 5.41) is 5.49. The van der Waals surface area contributed by atoms with Crippen molar-refractivity contribution in [3.63, 3.8) is 0 Å². The third-order valence-electron chi connectivity index (χ3n) is 1.79. The molecule has 2 rings (SSSR count). The molecule has 0 fully saturated rings. The number of hydrogen-bond acceptors (Lipinski definition) is 4. The van der Waals surface area contributed by atoms with Crippen LogP contribution in [0.25, 0.3) is 0 Å². The molecule has 0 aliphatic heterocycles. The molecular weight excluding hydrogens is 253 g/mol. The first-order valence-electron chi connectivity index (χ1n) is 4.19. The molecule has 15 heavy (non-hydrogen) atoms. The zero-order chi connectivity index (χ0) is 10.7. The molecule has 0 saturated carbocycles. The van der Waals surface area contributed by atoms with Gasteiger partial charge >= 0.3 is 0 Å². The van der Waals surface area contributed by atoms with Gasteiger partial charge in [0, 0.05) is 18.2 Å². The van der Waals surface area contributed by atoms with Gasteiger partial charge in [0.1, 0.15) is 17.3 Å². The highest BCUT2D eigenvalue weighted by molar-refractivity contribution is 7.14.